The third-order valence-corrected chi connectivity index (χ3v) is 7.09. The van der Waals surface area contributed by atoms with Crippen LogP contribution in [0.5, 0.6) is 0 Å². The molecule has 1 N–H and O–H groups in total. The van der Waals surface area contributed by atoms with Crippen LogP contribution in [0.1, 0.15) is 44.6 Å². The van der Waals surface area contributed by atoms with E-state index in [0.29, 0.717) is 19.6 Å². The second kappa shape index (κ2) is 8.20. The molecule has 3 amide bonds. The molecule has 1 spiro atoms. The number of hydrogen-bond donors (Lipinski definition) is 1. The van der Waals surface area contributed by atoms with E-state index in [9.17, 15) is 9.59 Å². The smallest absolute Gasteiger partial charge is 0.317 e. The van der Waals surface area contributed by atoms with Gasteiger partial charge in [0.05, 0.1) is 5.41 Å². The van der Waals surface area contributed by atoms with Crippen LogP contribution in [0.3, 0.4) is 0 Å². The molecule has 3 aliphatic heterocycles. The second-order valence-corrected chi connectivity index (χ2v) is 9.10. The number of likely N-dealkylation sites (tertiary alicyclic amines) is 2. The van der Waals surface area contributed by atoms with Crippen LogP contribution in [-0.2, 0) is 11.3 Å². The summed E-state index contributed by atoms with van der Waals surface area (Å²) >= 11 is 0. The van der Waals surface area contributed by atoms with Crippen molar-refractivity contribution in [1.29, 1.82) is 0 Å². The third kappa shape index (κ3) is 4.19. The normalized spacial score (nSPS) is 22.4. The molecule has 0 bridgehead atoms. The first-order valence-corrected chi connectivity index (χ1v) is 11.0. The molecular formula is C22H33N5O2. The molecule has 3 aliphatic rings. The number of carbonyl (C=O) groups is 2. The Kier molecular flexibility index (Phi) is 5.65. The number of piperidine rings is 2. The Bertz CT molecular complexity index is 734. The SMILES string of the molecule is CC1CCN(c2ccc(CNC(=O)N3CCC4(CCN(C)C4=O)CC3)cn2)CC1. The molecule has 7 nitrogen and oxygen atoms in total. The van der Waals surface area contributed by atoms with Crippen molar-refractivity contribution in [3.05, 3.63) is 23.9 Å². The van der Waals surface area contributed by atoms with Gasteiger partial charge in [0.2, 0.25) is 5.91 Å². The summed E-state index contributed by atoms with van der Waals surface area (Å²) in [6, 6.07) is 4.07. The Morgan fingerprint density at radius 2 is 1.83 bits per heavy atom. The van der Waals surface area contributed by atoms with E-state index >= 15 is 0 Å². The number of pyridine rings is 1. The van der Waals surface area contributed by atoms with Gasteiger partial charge in [0.25, 0.3) is 0 Å². The Labute approximate surface area is 173 Å². The molecule has 3 saturated heterocycles. The van der Waals surface area contributed by atoms with Gasteiger partial charge in [0, 0.05) is 52.5 Å². The maximum atomic E-state index is 12.6. The van der Waals surface area contributed by atoms with E-state index in [1.54, 1.807) is 0 Å². The van der Waals surface area contributed by atoms with Gasteiger partial charge in [-0.1, -0.05) is 13.0 Å². The molecule has 1 aromatic heterocycles. The van der Waals surface area contributed by atoms with Gasteiger partial charge in [0.15, 0.2) is 0 Å². The van der Waals surface area contributed by atoms with Gasteiger partial charge in [-0.05, 0) is 49.7 Å². The van der Waals surface area contributed by atoms with Crippen molar-refractivity contribution >= 4 is 17.8 Å². The van der Waals surface area contributed by atoms with Crippen LogP contribution in [0, 0.1) is 11.3 Å². The van der Waals surface area contributed by atoms with Crippen LogP contribution in [0.25, 0.3) is 0 Å². The topological polar surface area (TPSA) is 68.8 Å². The summed E-state index contributed by atoms with van der Waals surface area (Å²) in [7, 11) is 1.88. The first kappa shape index (κ1) is 20.0. The lowest BCUT2D eigenvalue weighted by molar-refractivity contribution is -0.137. The van der Waals surface area contributed by atoms with E-state index < -0.39 is 0 Å². The van der Waals surface area contributed by atoms with E-state index in [0.717, 1.165) is 56.2 Å². The Balaban J connectivity index is 1.24. The van der Waals surface area contributed by atoms with Crippen LogP contribution in [0.15, 0.2) is 18.3 Å². The van der Waals surface area contributed by atoms with Crippen LogP contribution in [0.2, 0.25) is 0 Å². The number of nitrogens with zero attached hydrogens (tertiary/aromatic N) is 4. The van der Waals surface area contributed by atoms with Gasteiger partial charge in [-0.15, -0.1) is 0 Å². The summed E-state index contributed by atoms with van der Waals surface area (Å²) < 4.78 is 0. The number of aromatic nitrogens is 1. The Morgan fingerprint density at radius 1 is 1.14 bits per heavy atom. The molecule has 3 fully saturated rings. The molecule has 4 heterocycles. The van der Waals surface area contributed by atoms with Crippen molar-refractivity contribution < 1.29 is 9.59 Å². The predicted molar refractivity (Wildman–Crippen MR) is 113 cm³/mol. The molecule has 29 heavy (non-hydrogen) atoms. The van der Waals surface area contributed by atoms with Crippen LogP contribution in [-0.4, -0.2) is 66.5 Å². The highest BCUT2D eigenvalue weighted by atomic mass is 16.2. The number of hydrogen-bond acceptors (Lipinski definition) is 4. The number of carbonyl (C=O) groups excluding carboxylic acids is 2. The average Bonchev–Trinajstić information content (AvgIpc) is 3.02. The van der Waals surface area contributed by atoms with Crippen molar-refractivity contribution in [2.24, 2.45) is 11.3 Å². The molecule has 0 aromatic carbocycles. The van der Waals surface area contributed by atoms with Crippen molar-refractivity contribution in [3.63, 3.8) is 0 Å². The molecule has 1 aromatic rings. The maximum Gasteiger partial charge on any atom is 0.317 e. The monoisotopic (exact) mass is 399 g/mol. The fraction of sp³-hybridized carbons (Fsp3) is 0.682. The van der Waals surface area contributed by atoms with Crippen molar-refractivity contribution in [3.8, 4) is 0 Å². The van der Waals surface area contributed by atoms with Crippen molar-refractivity contribution in [1.82, 2.24) is 20.1 Å². The summed E-state index contributed by atoms with van der Waals surface area (Å²) in [6.07, 6.45) is 6.77. The summed E-state index contributed by atoms with van der Waals surface area (Å²) in [5, 5.41) is 3.01. The first-order chi connectivity index (χ1) is 14.0. The van der Waals surface area contributed by atoms with Gasteiger partial charge < -0.3 is 20.0 Å². The number of rotatable bonds is 3. The minimum Gasteiger partial charge on any atom is -0.357 e. The highest BCUT2D eigenvalue weighted by Crippen LogP contribution is 2.40. The molecule has 7 heteroatoms. The second-order valence-electron chi connectivity index (χ2n) is 9.10. The molecule has 0 aliphatic carbocycles. The molecule has 158 valence electrons. The third-order valence-electron chi connectivity index (χ3n) is 7.09. The quantitative estimate of drug-likeness (QED) is 0.848. The lowest BCUT2D eigenvalue weighted by atomic mass is 9.77. The predicted octanol–water partition coefficient (Wildman–Crippen LogP) is 2.47. The van der Waals surface area contributed by atoms with Gasteiger partial charge in [-0.2, -0.15) is 0 Å². The summed E-state index contributed by atoms with van der Waals surface area (Å²) in [5.41, 5.74) is 0.783. The molecular weight excluding hydrogens is 366 g/mol. The minimum absolute atomic E-state index is 0.0484. The fourth-order valence-corrected chi connectivity index (χ4v) is 4.83. The fourth-order valence-electron chi connectivity index (χ4n) is 4.83. The highest BCUT2D eigenvalue weighted by Gasteiger charge is 2.47. The summed E-state index contributed by atoms with van der Waals surface area (Å²) in [4.78, 5) is 35.6. The van der Waals surface area contributed by atoms with Crippen molar-refractivity contribution in [2.45, 2.75) is 45.6 Å². The zero-order valence-electron chi connectivity index (χ0n) is 17.7. The summed E-state index contributed by atoms with van der Waals surface area (Å²) in [6.45, 7) is 7.06. The van der Waals surface area contributed by atoms with Gasteiger partial charge in [-0.3, -0.25) is 4.79 Å². The zero-order valence-corrected chi connectivity index (χ0v) is 17.7. The van der Waals surface area contributed by atoms with E-state index in [2.05, 4.69) is 34.3 Å². The zero-order chi connectivity index (χ0) is 20.4. The maximum absolute atomic E-state index is 12.6. The van der Waals surface area contributed by atoms with Gasteiger partial charge >= 0.3 is 6.03 Å². The largest absolute Gasteiger partial charge is 0.357 e. The number of nitrogens with one attached hydrogen (secondary N) is 1. The van der Waals surface area contributed by atoms with Crippen LogP contribution >= 0.6 is 0 Å². The Hall–Kier alpha value is -2.31. The average molecular weight is 400 g/mol. The minimum atomic E-state index is -0.225. The number of amides is 3. The highest BCUT2D eigenvalue weighted by molar-refractivity contribution is 5.85. The summed E-state index contributed by atoms with van der Waals surface area (Å²) in [5.74, 6) is 2.09. The standard InChI is InChI=1S/C22H33N5O2/c1-17-5-10-26(11-6-17)19-4-3-18(15-23-19)16-24-21(29)27-13-8-22(9-14-27)7-12-25(2)20(22)28/h3-4,15,17H,5-14,16H2,1-2H3,(H,24,29). The first-order valence-electron chi connectivity index (χ1n) is 11.0. The van der Waals surface area contributed by atoms with E-state index in [-0.39, 0.29) is 17.4 Å². The number of urea groups is 1. The molecule has 0 atom stereocenters. The molecule has 4 rings (SSSR count). The van der Waals surface area contributed by atoms with Gasteiger partial charge in [0.1, 0.15) is 5.82 Å². The van der Waals surface area contributed by atoms with Gasteiger partial charge in [-0.25, -0.2) is 9.78 Å². The lowest BCUT2D eigenvalue weighted by Crippen LogP contribution is -2.49. The van der Waals surface area contributed by atoms with Crippen LogP contribution < -0.4 is 10.2 Å². The van der Waals surface area contributed by atoms with Crippen LogP contribution in [0.4, 0.5) is 10.6 Å². The van der Waals surface area contributed by atoms with E-state index in [4.69, 9.17) is 0 Å². The van der Waals surface area contributed by atoms with Crippen molar-refractivity contribution in [2.75, 3.05) is 44.7 Å². The Morgan fingerprint density at radius 3 is 2.41 bits per heavy atom. The molecule has 0 radical (unpaired) electrons. The lowest BCUT2D eigenvalue weighted by Gasteiger charge is -2.37. The van der Waals surface area contributed by atoms with E-state index in [1.807, 2.05) is 23.0 Å². The number of anilines is 1. The van der Waals surface area contributed by atoms with E-state index in [1.165, 1.54) is 12.8 Å². The molecule has 0 unspecified atom stereocenters. The molecule has 0 saturated carbocycles.